The summed E-state index contributed by atoms with van der Waals surface area (Å²) in [7, 11) is 0. The van der Waals surface area contributed by atoms with Crippen LogP contribution in [0.15, 0.2) is 24.9 Å². The predicted octanol–water partition coefficient (Wildman–Crippen LogP) is 2.83. The molecule has 0 atom stereocenters. The van der Waals surface area contributed by atoms with E-state index in [2.05, 4.69) is 11.6 Å². The number of carbonyl (C=O) groups is 1. The van der Waals surface area contributed by atoms with E-state index in [-0.39, 0.29) is 16.6 Å². The lowest BCUT2D eigenvalue weighted by atomic mass is 10.2. The van der Waals surface area contributed by atoms with E-state index in [0.717, 1.165) is 0 Å². The largest absolute Gasteiger partial charge is 0.478 e. The van der Waals surface area contributed by atoms with E-state index in [1.54, 1.807) is 6.08 Å². The molecule has 1 rings (SSSR count). The number of aromatic carboxylic acids is 1. The molecule has 1 heterocycles. The van der Waals surface area contributed by atoms with Crippen LogP contribution in [0.3, 0.4) is 0 Å². The van der Waals surface area contributed by atoms with Gasteiger partial charge < -0.3 is 10.0 Å². The van der Waals surface area contributed by atoms with E-state index in [1.165, 1.54) is 12.3 Å². The molecule has 0 bridgehead atoms. The van der Waals surface area contributed by atoms with Gasteiger partial charge in [-0.15, -0.1) is 6.58 Å². The van der Waals surface area contributed by atoms with Crippen molar-refractivity contribution in [1.82, 2.24) is 4.98 Å². The molecule has 0 spiro atoms. The van der Waals surface area contributed by atoms with E-state index in [9.17, 15) is 4.79 Å². The van der Waals surface area contributed by atoms with E-state index in [4.69, 9.17) is 16.7 Å². The van der Waals surface area contributed by atoms with Crippen LogP contribution < -0.4 is 4.90 Å². The fourth-order valence-corrected chi connectivity index (χ4v) is 1.64. The first kappa shape index (κ1) is 13.5. The Balaban J connectivity index is 3.16. The molecule has 0 unspecified atom stereocenters. The molecule has 4 nitrogen and oxygen atoms in total. The average molecular weight is 255 g/mol. The van der Waals surface area contributed by atoms with Gasteiger partial charge in [0.05, 0.1) is 10.6 Å². The van der Waals surface area contributed by atoms with Crippen LogP contribution in [0.25, 0.3) is 0 Å². The summed E-state index contributed by atoms with van der Waals surface area (Å²) in [5.41, 5.74) is 0.0615. The highest BCUT2D eigenvalue weighted by Gasteiger charge is 2.15. The molecule has 5 heteroatoms. The van der Waals surface area contributed by atoms with E-state index in [0.29, 0.717) is 12.4 Å². The molecule has 1 aromatic rings. The Bertz CT molecular complexity index is 433. The van der Waals surface area contributed by atoms with Crippen molar-refractivity contribution < 1.29 is 9.90 Å². The van der Waals surface area contributed by atoms with Crippen molar-refractivity contribution in [2.45, 2.75) is 19.9 Å². The van der Waals surface area contributed by atoms with Gasteiger partial charge in [-0.25, -0.2) is 9.78 Å². The summed E-state index contributed by atoms with van der Waals surface area (Å²) in [4.78, 5) is 17.1. The second-order valence-corrected chi connectivity index (χ2v) is 4.27. The van der Waals surface area contributed by atoms with Crippen LogP contribution in [0.4, 0.5) is 5.82 Å². The Kier molecular flexibility index (Phi) is 4.52. The van der Waals surface area contributed by atoms with Crippen molar-refractivity contribution in [3.05, 3.63) is 35.5 Å². The molecule has 0 radical (unpaired) electrons. The van der Waals surface area contributed by atoms with Gasteiger partial charge in [-0.05, 0) is 19.9 Å². The number of halogens is 1. The van der Waals surface area contributed by atoms with Gasteiger partial charge in [-0.2, -0.15) is 0 Å². The third kappa shape index (κ3) is 3.20. The van der Waals surface area contributed by atoms with Crippen LogP contribution in [0.5, 0.6) is 0 Å². The molecule has 0 saturated carbocycles. The number of anilines is 1. The highest BCUT2D eigenvalue weighted by atomic mass is 35.5. The molecule has 0 aliphatic rings. The molecule has 1 aromatic heterocycles. The number of rotatable bonds is 5. The van der Waals surface area contributed by atoms with E-state index >= 15 is 0 Å². The lowest BCUT2D eigenvalue weighted by molar-refractivity contribution is 0.0697. The molecule has 0 amide bonds. The van der Waals surface area contributed by atoms with Gasteiger partial charge in [0.1, 0.15) is 5.82 Å². The summed E-state index contributed by atoms with van der Waals surface area (Å²) in [5.74, 6) is -0.470. The third-order valence-corrected chi connectivity index (χ3v) is 2.62. The highest BCUT2D eigenvalue weighted by molar-refractivity contribution is 6.33. The molecule has 92 valence electrons. The minimum absolute atomic E-state index is 0.0615. The molecule has 1 N–H and O–H groups in total. The fourth-order valence-electron chi connectivity index (χ4n) is 1.46. The van der Waals surface area contributed by atoms with Crippen LogP contribution in [0.1, 0.15) is 24.2 Å². The topological polar surface area (TPSA) is 53.4 Å². The average Bonchev–Trinajstić information content (AvgIpc) is 2.26. The summed E-state index contributed by atoms with van der Waals surface area (Å²) < 4.78 is 0. The second-order valence-electron chi connectivity index (χ2n) is 3.86. The van der Waals surface area contributed by atoms with Crippen LogP contribution >= 0.6 is 11.6 Å². The Hall–Kier alpha value is -1.55. The standard InChI is InChI=1S/C12H15ClN2O2/c1-4-5-15(8(2)3)11-6-9(12(16)17)10(13)7-14-11/h4,6-8H,1,5H2,2-3H3,(H,16,17). The van der Waals surface area contributed by atoms with Gasteiger partial charge in [0.15, 0.2) is 0 Å². The smallest absolute Gasteiger partial charge is 0.337 e. The Morgan fingerprint density at radius 2 is 2.35 bits per heavy atom. The number of hydrogen-bond acceptors (Lipinski definition) is 3. The zero-order chi connectivity index (χ0) is 13.0. The summed E-state index contributed by atoms with van der Waals surface area (Å²) >= 11 is 5.77. The minimum atomic E-state index is -1.05. The molecular weight excluding hydrogens is 240 g/mol. The van der Waals surface area contributed by atoms with Crippen molar-refractivity contribution in [2.75, 3.05) is 11.4 Å². The summed E-state index contributed by atoms with van der Waals surface area (Å²) in [5, 5.41) is 9.13. The molecular formula is C12H15ClN2O2. The summed E-state index contributed by atoms with van der Waals surface area (Å²) in [6.07, 6.45) is 3.11. The molecule has 0 fully saturated rings. The highest BCUT2D eigenvalue weighted by Crippen LogP contribution is 2.21. The Morgan fingerprint density at radius 3 is 2.82 bits per heavy atom. The van der Waals surface area contributed by atoms with Crippen molar-refractivity contribution in [2.24, 2.45) is 0 Å². The van der Waals surface area contributed by atoms with Gasteiger partial charge in [-0.3, -0.25) is 0 Å². The zero-order valence-electron chi connectivity index (χ0n) is 9.85. The first-order chi connectivity index (χ1) is 7.97. The van der Waals surface area contributed by atoms with Crippen molar-refractivity contribution in [1.29, 1.82) is 0 Å². The van der Waals surface area contributed by atoms with Gasteiger partial charge in [-0.1, -0.05) is 17.7 Å². The van der Waals surface area contributed by atoms with Gasteiger partial charge >= 0.3 is 5.97 Å². The van der Waals surface area contributed by atoms with Crippen molar-refractivity contribution in [3.8, 4) is 0 Å². The van der Waals surface area contributed by atoms with Gasteiger partial charge in [0.25, 0.3) is 0 Å². The van der Waals surface area contributed by atoms with Crippen LogP contribution in [-0.2, 0) is 0 Å². The maximum absolute atomic E-state index is 11.0. The van der Waals surface area contributed by atoms with Crippen LogP contribution in [0.2, 0.25) is 5.02 Å². The molecule has 0 aliphatic carbocycles. The fraction of sp³-hybridized carbons (Fsp3) is 0.333. The number of carboxylic acid groups (broad SMARTS) is 1. The Morgan fingerprint density at radius 1 is 1.71 bits per heavy atom. The Labute approximate surface area is 106 Å². The lowest BCUT2D eigenvalue weighted by Gasteiger charge is -2.26. The SMILES string of the molecule is C=CCN(c1cc(C(=O)O)c(Cl)cn1)C(C)C. The summed E-state index contributed by atoms with van der Waals surface area (Å²) in [6.45, 7) is 8.27. The van der Waals surface area contributed by atoms with Gasteiger partial charge in [0.2, 0.25) is 0 Å². The maximum Gasteiger partial charge on any atom is 0.337 e. The lowest BCUT2D eigenvalue weighted by Crippen LogP contribution is -2.31. The quantitative estimate of drug-likeness (QED) is 0.821. The van der Waals surface area contributed by atoms with Crippen molar-refractivity contribution >= 4 is 23.4 Å². The predicted molar refractivity (Wildman–Crippen MR) is 68.9 cm³/mol. The monoisotopic (exact) mass is 254 g/mol. The zero-order valence-corrected chi connectivity index (χ0v) is 10.6. The third-order valence-electron chi connectivity index (χ3n) is 2.31. The number of nitrogens with zero attached hydrogens (tertiary/aromatic N) is 2. The van der Waals surface area contributed by atoms with E-state index in [1.807, 2.05) is 18.7 Å². The minimum Gasteiger partial charge on any atom is -0.478 e. The summed E-state index contributed by atoms with van der Waals surface area (Å²) in [6, 6.07) is 1.68. The molecule has 0 aliphatic heterocycles. The van der Waals surface area contributed by atoms with Crippen molar-refractivity contribution in [3.63, 3.8) is 0 Å². The number of carboxylic acids is 1. The second kappa shape index (κ2) is 5.68. The normalized spacial score (nSPS) is 10.4. The molecule has 17 heavy (non-hydrogen) atoms. The first-order valence-corrected chi connectivity index (χ1v) is 5.61. The molecule has 0 saturated heterocycles. The van der Waals surface area contributed by atoms with Gasteiger partial charge in [0, 0.05) is 18.8 Å². The number of hydrogen-bond donors (Lipinski definition) is 1. The maximum atomic E-state index is 11.0. The first-order valence-electron chi connectivity index (χ1n) is 5.23. The molecule has 0 aromatic carbocycles. The van der Waals surface area contributed by atoms with Crippen LogP contribution in [-0.4, -0.2) is 28.6 Å². The van der Waals surface area contributed by atoms with Crippen LogP contribution in [0, 0.1) is 0 Å². The number of pyridine rings is 1. The van der Waals surface area contributed by atoms with E-state index < -0.39 is 5.97 Å². The number of aromatic nitrogens is 1.